The summed E-state index contributed by atoms with van der Waals surface area (Å²) in [5.74, 6) is 0.116. The smallest absolute Gasteiger partial charge is 0.185 e. The van der Waals surface area contributed by atoms with Crippen LogP contribution in [0.4, 0.5) is 4.39 Å². The first kappa shape index (κ1) is 15.3. The fourth-order valence-electron chi connectivity index (χ4n) is 1.87. The topological polar surface area (TPSA) is 26.3 Å². The van der Waals surface area contributed by atoms with Gasteiger partial charge in [-0.1, -0.05) is 24.3 Å². The van der Waals surface area contributed by atoms with E-state index < -0.39 is 5.82 Å². The molecule has 0 saturated carbocycles. The van der Waals surface area contributed by atoms with Gasteiger partial charge in [-0.15, -0.1) is 11.8 Å². The lowest BCUT2D eigenvalue weighted by molar-refractivity contribution is 0.104. The number of ether oxygens (including phenoxy) is 1. The van der Waals surface area contributed by atoms with Gasteiger partial charge in [-0.05, 0) is 42.2 Å². The zero-order chi connectivity index (χ0) is 15.2. The highest BCUT2D eigenvalue weighted by Gasteiger charge is 2.04. The third-order valence-electron chi connectivity index (χ3n) is 2.94. The molecular formula is C17H15FO2S. The zero-order valence-corrected chi connectivity index (χ0v) is 12.6. The van der Waals surface area contributed by atoms with Gasteiger partial charge in [0.2, 0.25) is 0 Å². The molecule has 0 aliphatic carbocycles. The van der Waals surface area contributed by atoms with Crippen molar-refractivity contribution in [1.82, 2.24) is 0 Å². The number of halogens is 1. The van der Waals surface area contributed by atoms with Crippen LogP contribution >= 0.6 is 11.8 Å². The maximum Gasteiger partial charge on any atom is 0.185 e. The Balaban J connectivity index is 2.19. The molecule has 0 spiro atoms. The van der Waals surface area contributed by atoms with Crippen molar-refractivity contribution in [2.45, 2.75) is 4.90 Å². The van der Waals surface area contributed by atoms with Crippen LogP contribution in [0.25, 0.3) is 6.08 Å². The van der Waals surface area contributed by atoms with Crippen LogP contribution in [0.3, 0.4) is 0 Å². The highest BCUT2D eigenvalue weighted by atomic mass is 32.2. The molecule has 0 bridgehead atoms. The number of hydrogen-bond donors (Lipinski definition) is 0. The van der Waals surface area contributed by atoms with Crippen molar-refractivity contribution in [2.24, 2.45) is 0 Å². The number of hydrogen-bond acceptors (Lipinski definition) is 3. The number of carbonyl (C=O) groups is 1. The molecule has 4 heteroatoms. The molecule has 2 aromatic carbocycles. The summed E-state index contributed by atoms with van der Waals surface area (Å²) in [5, 5.41) is 0. The van der Waals surface area contributed by atoms with Crippen LogP contribution < -0.4 is 4.74 Å². The average Bonchev–Trinajstić information content (AvgIpc) is 2.52. The number of thioether (sulfide) groups is 1. The van der Waals surface area contributed by atoms with Crippen molar-refractivity contribution in [1.29, 1.82) is 0 Å². The molecule has 0 unspecified atom stereocenters. The van der Waals surface area contributed by atoms with E-state index in [1.807, 2.05) is 24.5 Å². The third kappa shape index (κ3) is 3.95. The van der Waals surface area contributed by atoms with Crippen molar-refractivity contribution in [3.63, 3.8) is 0 Å². The molecule has 0 atom stereocenters. The molecular weight excluding hydrogens is 287 g/mol. The van der Waals surface area contributed by atoms with E-state index >= 15 is 0 Å². The fourth-order valence-corrected chi connectivity index (χ4v) is 2.41. The molecule has 2 aromatic rings. The van der Waals surface area contributed by atoms with E-state index in [-0.39, 0.29) is 5.78 Å². The van der Waals surface area contributed by atoms with E-state index in [0.717, 1.165) is 16.2 Å². The Bertz CT molecular complexity index is 680. The Labute approximate surface area is 127 Å². The number of methoxy groups -OCH3 is 1. The summed E-state index contributed by atoms with van der Waals surface area (Å²) in [6, 6.07) is 11.4. The van der Waals surface area contributed by atoms with Gasteiger partial charge in [0.25, 0.3) is 0 Å². The summed E-state index contributed by atoms with van der Waals surface area (Å²) in [6.07, 6.45) is 5.10. The molecule has 0 N–H and O–H groups in total. The Hall–Kier alpha value is -2.07. The van der Waals surface area contributed by atoms with Crippen LogP contribution in [0.2, 0.25) is 0 Å². The lowest BCUT2D eigenvalue weighted by Gasteiger charge is -2.06. The minimum Gasteiger partial charge on any atom is -0.496 e. The van der Waals surface area contributed by atoms with E-state index in [2.05, 4.69) is 0 Å². The van der Waals surface area contributed by atoms with E-state index in [4.69, 9.17) is 4.74 Å². The summed E-state index contributed by atoms with van der Waals surface area (Å²) in [4.78, 5) is 13.0. The number of ketones is 1. The van der Waals surface area contributed by atoms with E-state index in [1.54, 1.807) is 31.0 Å². The first-order chi connectivity index (χ1) is 10.1. The van der Waals surface area contributed by atoms with Crippen molar-refractivity contribution < 1.29 is 13.9 Å². The van der Waals surface area contributed by atoms with Crippen molar-refractivity contribution in [3.05, 3.63) is 65.5 Å². The van der Waals surface area contributed by atoms with Crippen molar-refractivity contribution >= 4 is 23.6 Å². The minimum absolute atomic E-state index is 0.234. The average molecular weight is 302 g/mol. The van der Waals surface area contributed by atoms with Crippen LogP contribution in [-0.2, 0) is 0 Å². The number of carbonyl (C=O) groups excluding carboxylic acids is 1. The summed E-state index contributed by atoms with van der Waals surface area (Å²) in [5.41, 5.74) is 1.19. The van der Waals surface area contributed by atoms with Crippen LogP contribution in [0.5, 0.6) is 5.75 Å². The summed E-state index contributed by atoms with van der Waals surface area (Å²) >= 11 is 1.59. The monoisotopic (exact) mass is 302 g/mol. The maximum atomic E-state index is 13.1. The molecule has 0 aromatic heterocycles. The van der Waals surface area contributed by atoms with Crippen LogP contribution in [0.1, 0.15) is 15.9 Å². The van der Waals surface area contributed by atoms with Gasteiger partial charge >= 0.3 is 0 Å². The third-order valence-corrected chi connectivity index (χ3v) is 3.72. The molecule has 2 nitrogen and oxygen atoms in total. The van der Waals surface area contributed by atoms with Crippen molar-refractivity contribution in [2.75, 3.05) is 13.4 Å². The Morgan fingerprint density at radius 1 is 1.24 bits per heavy atom. The molecule has 0 heterocycles. The lowest BCUT2D eigenvalue weighted by Crippen LogP contribution is -1.94. The lowest BCUT2D eigenvalue weighted by atomic mass is 10.1. The number of allylic oxidation sites excluding steroid dienone is 1. The quantitative estimate of drug-likeness (QED) is 0.463. The van der Waals surface area contributed by atoms with Crippen LogP contribution in [0.15, 0.2) is 53.4 Å². The SMILES string of the molecule is COc1cc(C=CC(=O)c2cccc(F)c2)ccc1SC. The number of benzene rings is 2. The summed E-state index contributed by atoms with van der Waals surface area (Å²) < 4.78 is 18.4. The first-order valence-corrected chi connectivity index (χ1v) is 7.56. The zero-order valence-electron chi connectivity index (χ0n) is 11.8. The molecule has 0 fully saturated rings. The van der Waals surface area contributed by atoms with E-state index in [1.165, 1.54) is 24.3 Å². The molecule has 21 heavy (non-hydrogen) atoms. The highest BCUT2D eigenvalue weighted by Crippen LogP contribution is 2.28. The second-order valence-electron chi connectivity index (χ2n) is 4.32. The second kappa shape index (κ2) is 7.09. The van der Waals surface area contributed by atoms with E-state index in [0.29, 0.717) is 5.56 Å². The molecule has 108 valence electrons. The largest absolute Gasteiger partial charge is 0.496 e. The fraction of sp³-hybridized carbons (Fsp3) is 0.118. The van der Waals surface area contributed by atoms with Gasteiger partial charge in [-0.2, -0.15) is 0 Å². The molecule has 2 rings (SSSR count). The van der Waals surface area contributed by atoms with Gasteiger partial charge in [0, 0.05) is 10.5 Å². The minimum atomic E-state index is -0.416. The van der Waals surface area contributed by atoms with Gasteiger partial charge in [-0.25, -0.2) is 4.39 Å². The van der Waals surface area contributed by atoms with Crippen LogP contribution in [0, 0.1) is 5.82 Å². The molecule has 0 radical (unpaired) electrons. The molecule has 0 saturated heterocycles. The van der Waals surface area contributed by atoms with Gasteiger partial charge in [0.1, 0.15) is 11.6 Å². The first-order valence-electron chi connectivity index (χ1n) is 6.34. The standard InChI is InChI=1S/C17H15FO2S/c1-20-16-10-12(7-9-17(16)21-2)6-8-15(19)13-4-3-5-14(18)11-13/h3-11H,1-2H3. The summed E-state index contributed by atoms with van der Waals surface area (Å²) in [7, 11) is 1.61. The van der Waals surface area contributed by atoms with Gasteiger partial charge in [0.05, 0.1) is 7.11 Å². The predicted octanol–water partition coefficient (Wildman–Crippen LogP) is 4.45. The van der Waals surface area contributed by atoms with E-state index in [9.17, 15) is 9.18 Å². The van der Waals surface area contributed by atoms with Crippen molar-refractivity contribution in [3.8, 4) is 5.75 Å². The van der Waals surface area contributed by atoms with Gasteiger partial charge < -0.3 is 4.74 Å². The Morgan fingerprint density at radius 2 is 2.05 bits per heavy atom. The van der Waals surface area contributed by atoms with Gasteiger partial charge in [0.15, 0.2) is 5.78 Å². The van der Waals surface area contributed by atoms with Gasteiger partial charge in [-0.3, -0.25) is 4.79 Å². The number of rotatable bonds is 5. The maximum absolute atomic E-state index is 13.1. The normalized spacial score (nSPS) is 10.8. The molecule has 0 aliphatic rings. The molecule has 0 amide bonds. The molecule has 0 aliphatic heterocycles. The van der Waals surface area contributed by atoms with Crippen LogP contribution in [-0.4, -0.2) is 19.1 Å². The highest BCUT2D eigenvalue weighted by molar-refractivity contribution is 7.98. The summed E-state index contributed by atoms with van der Waals surface area (Å²) in [6.45, 7) is 0. The second-order valence-corrected chi connectivity index (χ2v) is 5.17. The Kier molecular flexibility index (Phi) is 5.17. The predicted molar refractivity (Wildman–Crippen MR) is 84.5 cm³/mol. The Morgan fingerprint density at radius 3 is 2.71 bits per heavy atom.